The highest BCUT2D eigenvalue weighted by Gasteiger charge is 2.30. The SMILES string of the molecule is Cl.NCC1CCCC1NC(=O)c1cccc(Cl)c1[N+](=O)[O-]. The number of halogens is 2. The first kappa shape index (κ1) is 17.7. The Morgan fingerprint density at radius 1 is 1.48 bits per heavy atom. The normalized spacial score (nSPS) is 20.7. The van der Waals surface area contributed by atoms with Gasteiger partial charge in [0, 0.05) is 6.04 Å². The van der Waals surface area contributed by atoms with E-state index in [-0.39, 0.29) is 40.6 Å². The fourth-order valence-electron chi connectivity index (χ4n) is 2.64. The summed E-state index contributed by atoms with van der Waals surface area (Å²) in [6.07, 6.45) is 2.82. The monoisotopic (exact) mass is 333 g/mol. The van der Waals surface area contributed by atoms with E-state index in [1.807, 2.05) is 0 Å². The number of benzene rings is 1. The summed E-state index contributed by atoms with van der Waals surface area (Å²) >= 11 is 5.80. The molecule has 1 aliphatic rings. The Morgan fingerprint density at radius 2 is 2.19 bits per heavy atom. The molecule has 116 valence electrons. The van der Waals surface area contributed by atoms with Crippen LogP contribution in [0.1, 0.15) is 29.6 Å². The number of carbonyl (C=O) groups is 1. The predicted molar refractivity (Wildman–Crippen MR) is 83.0 cm³/mol. The molecule has 6 nitrogen and oxygen atoms in total. The van der Waals surface area contributed by atoms with Crippen molar-refractivity contribution in [1.29, 1.82) is 0 Å². The molecule has 0 heterocycles. The summed E-state index contributed by atoms with van der Waals surface area (Å²) in [5.41, 5.74) is 5.30. The highest BCUT2D eigenvalue weighted by atomic mass is 35.5. The number of nitrogens with two attached hydrogens (primary N) is 1. The fraction of sp³-hybridized carbons (Fsp3) is 0.462. The maximum atomic E-state index is 12.2. The zero-order valence-electron chi connectivity index (χ0n) is 11.3. The van der Waals surface area contributed by atoms with Crippen molar-refractivity contribution < 1.29 is 9.72 Å². The molecule has 1 fully saturated rings. The van der Waals surface area contributed by atoms with Gasteiger partial charge in [0.05, 0.1) is 4.92 Å². The molecule has 0 radical (unpaired) electrons. The topological polar surface area (TPSA) is 98.3 Å². The minimum absolute atomic E-state index is 0. The van der Waals surface area contributed by atoms with Crippen LogP contribution in [0.3, 0.4) is 0 Å². The summed E-state index contributed by atoms with van der Waals surface area (Å²) in [6, 6.07) is 4.31. The van der Waals surface area contributed by atoms with Gasteiger partial charge in [0.1, 0.15) is 10.6 Å². The Labute approximate surface area is 133 Å². The molecule has 0 spiro atoms. The van der Waals surface area contributed by atoms with Crippen LogP contribution in [0.5, 0.6) is 0 Å². The second-order valence-electron chi connectivity index (χ2n) is 4.90. The number of rotatable bonds is 4. The molecule has 8 heteroatoms. The van der Waals surface area contributed by atoms with Gasteiger partial charge in [-0.1, -0.05) is 24.1 Å². The van der Waals surface area contributed by atoms with Crippen molar-refractivity contribution in [3.8, 4) is 0 Å². The molecular formula is C13H17Cl2N3O3. The van der Waals surface area contributed by atoms with Gasteiger partial charge in [-0.3, -0.25) is 14.9 Å². The van der Waals surface area contributed by atoms with Gasteiger partial charge >= 0.3 is 5.69 Å². The molecule has 0 saturated heterocycles. The number of nitro benzene ring substituents is 1. The average Bonchev–Trinajstić information content (AvgIpc) is 2.85. The molecule has 1 saturated carbocycles. The predicted octanol–water partition coefficient (Wildman–Crippen LogP) is 2.53. The lowest BCUT2D eigenvalue weighted by Crippen LogP contribution is -2.40. The zero-order chi connectivity index (χ0) is 14.7. The van der Waals surface area contributed by atoms with Crippen LogP contribution in [0.15, 0.2) is 18.2 Å². The quantitative estimate of drug-likeness (QED) is 0.653. The third-order valence-electron chi connectivity index (χ3n) is 3.69. The van der Waals surface area contributed by atoms with E-state index in [0.29, 0.717) is 6.54 Å². The standard InChI is InChI=1S/C13H16ClN3O3.ClH/c14-10-5-2-4-9(12(10)17(19)20)13(18)16-11-6-1-3-8(11)7-15;/h2,4-5,8,11H,1,3,6-7,15H2,(H,16,18);1H. The van der Waals surface area contributed by atoms with Crippen LogP contribution in [0.25, 0.3) is 0 Å². The van der Waals surface area contributed by atoms with Crippen LogP contribution >= 0.6 is 24.0 Å². The second-order valence-corrected chi connectivity index (χ2v) is 5.31. The Balaban J connectivity index is 0.00000220. The first-order valence-electron chi connectivity index (χ1n) is 6.48. The van der Waals surface area contributed by atoms with Crippen molar-refractivity contribution in [3.63, 3.8) is 0 Å². The third kappa shape index (κ3) is 3.84. The van der Waals surface area contributed by atoms with Crippen LogP contribution in [0.4, 0.5) is 5.69 Å². The van der Waals surface area contributed by atoms with E-state index in [4.69, 9.17) is 17.3 Å². The van der Waals surface area contributed by atoms with Crippen molar-refractivity contribution in [2.45, 2.75) is 25.3 Å². The number of hydrogen-bond acceptors (Lipinski definition) is 4. The summed E-state index contributed by atoms with van der Waals surface area (Å²) in [5.74, 6) is -0.234. The van der Waals surface area contributed by atoms with Crippen LogP contribution in [0, 0.1) is 16.0 Å². The lowest BCUT2D eigenvalue weighted by atomic mass is 10.0. The Morgan fingerprint density at radius 3 is 2.81 bits per heavy atom. The van der Waals surface area contributed by atoms with Gasteiger partial charge in [-0.05, 0) is 37.4 Å². The van der Waals surface area contributed by atoms with Crippen molar-refractivity contribution in [3.05, 3.63) is 38.9 Å². The van der Waals surface area contributed by atoms with Gasteiger partial charge in [0.15, 0.2) is 0 Å². The molecule has 1 aromatic carbocycles. The minimum atomic E-state index is -0.633. The lowest BCUT2D eigenvalue weighted by molar-refractivity contribution is -0.385. The second kappa shape index (κ2) is 7.59. The molecule has 0 bridgehead atoms. The summed E-state index contributed by atoms with van der Waals surface area (Å²) in [6.45, 7) is 0.503. The van der Waals surface area contributed by atoms with E-state index in [1.165, 1.54) is 18.2 Å². The summed E-state index contributed by atoms with van der Waals surface area (Å²) in [7, 11) is 0. The molecule has 0 aliphatic heterocycles. The van der Waals surface area contributed by atoms with E-state index in [9.17, 15) is 14.9 Å². The van der Waals surface area contributed by atoms with Crippen molar-refractivity contribution in [1.82, 2.24) is 5.32 Å². The number of carbonyl (C=O) groups excluding carboxylic acids is 1. The highest BCUT2D eigenvalue weighted by Crippen LogP contribution is 2.29. The van der Waals surface area contributed by atoms with E-state index in [1.54, 1.807) is 0 Å². The van der Waals surface area contributed by atoms with E-state index in [2.05, 4.69) is 5.32 Å². The van der Waals surface area contributed by atoms with Gasteiger partial charge in [0.2, 0.25) is 0 Å². The van der Waals surface area contributed by atoms with Gasteiger partial charge in [-0.15, -0.1) is 12.4 Å². The van der Waals surface area contributed by atoms with E-state index < -0.39 is 10.8 Å². The molecule has 2 unspecified atom stereocenters. The first-order valence-corrected chi connectivity index (χ1v) is 6.86. The van der Waals surface area contributed by atoms with Crippen LogP contribution < -0.4 is 11.1 Å². The average molecular weight is 334 g/mol. The van der Waals surface area contributed by atoms with Crippen LogP contribution in [-0.4, -0.2) is 23.4 Å². The number of nitro groups is 1. The van der Waals surface area contributed by atoms with Crippen LogP contribution in [0.2, 0.25) is 5.02 Å². The molecule has 2 rings (SSSR count). The highest BCUT2D eigenvalue weighted by molar-refractivity contribution is 6.33. The molecule has 1 aromatic rings. The molecule has 1 aliphatic carbocycles. The van der Waals surface area contributed by atoms with Crippen LogP contribution in [-0.2, 0) is 0 Å². The molecular weight excluding hydrogens is 317 g/mol. The van der Waals surface area contributed by atoms with Crippen molar-refractivity contribution in [2.75, 3.05) is 6.54 Å². The third-order valence-corrected chi connectivity index (χ3v) is 4.00. The number of amides is 1. The summed E-state index contributed by atoms with van der Waals surface area (Å²) in [5, 5.41) is 13.8. The van der Waals surface area contributed by atoms with Crippen molar-refractivity contribution >= 4 is 35.6 Å². The Kier molecular flexibility index (Phi) is 6.39. The molecule has 0 aromatic heterocycles. The first-order chi connectivity index (χ1) is 9.54. The maximum Gasteiger partial charge on any atom is 0.300 e. The number of hydrogen-bond donors (Lipinski definition) is 2. The molecule has 21 heavy (non-hydrogen) atoms. The number of nitrogens with one attached hydrogen (secondary N) is 1. The molecule has 2 atom stereocenters. The Bertz CT molecular complexity index is 539. The summed E-state index contributed by atoms with van der Waals surface area (Å²) in [4.78, 5) is 22.6. The summed E-state index contributed by atoms with van der Waals surface area (Å²) < 4.78 is 0. The molecule has 1 amide bonds. The van der Waals surface area contributed by atoms with Gasteiger partial charge < -0.3 is 11.1 Å². The van der Waals surface area contributed by atoms with E-state index >= 15 is 0 Å². The zero-order valence-corrected chi connectivity index (χ0v) is 12.8. The maximum absolute atomic E-state index is 12.2. The Hall–Kier alpha value is -1.37. The lowest BCUT2D eigenvalue weighted by Gasteiger charge is -2.19. The minimum Gasteiger partial charge on any atom is -0.349 e. The van der Waals surface area contributed by atoms with Gasteiger partial charge in [-0.2, -0.15) is 0 Å². The largest absolute Gasteiger partial charge is 0.349 e. The number of nitrogens with zero attached hydrogens (tertiary/aromatic N) is 1. The van der Waals surface area contributed by atoms with Gasteiger partial charge in [-0.25, -0.2) is 0 Å². The smallest absolute Gasteiger partial charge is 0.300 e. The fourth-order valence-corrected chi connectivity index (χ4v) is 2.88. The van der Waals surface area contributed by atoms with Gasteiger partial charge in [0.25, 0.3) is 5.91 Å². The molecule has 3 N–H and O–H groups in total. The number of para-hydroxylation sites is 1. The van der Waals surface area contributed by atoms with E-state index in [0.717, 1.165) is 19.3 Å². The van der Waals surface area contributed by atoms with Crippen molar-refractivity contribution in [2.24, 2.45) is 11.7 Å².